The second-order valence-corrected chi connectivity index (χ2v) is 4.74. The molecule has 1 heterocycles. The Hall–Kier alpha value is -0.810. The van der Waals surface area contributed by atoms with Gasteiger partial charge in [0, 0.05) is 32.7 Å². The molecule has 1 saturated heterocycles. The largest absolute Gasteiger partial charge is 0.374 e. The number of likely N-dealkylation sites (N-methyl/N-ethyl adjacent to an activating group) is 2. The lowest BCUT2D eigenvalue weighted by Crippen LogP contribution is -2.49. The van der Waals surface area contributed by atoms with Gasteiger partial charge < -0.3 is 19.9 Å². The van der Waals surface area contributed by atoms with E-state index in [0.29, 0.717) is 6.54 Å². The van der Waals surface area contributed by atoms with Gasteiger partial charge in [-0.3, -0.25) is 0 Å². The van der Waals surface area contributed by atoms with Crippen LogP contribution in [-0.2, 0) is 4.74 Å². The van der Waals surface area contributed by atoms with Crippen LogP contribution in [0.4, 0.5) is 4.79 Å². The fourth-order valence-electron chi connectivity index (χ4n) is 1.72. The maximum absolute atomic E-state index is 11.7. The number of ether oxygens (including phenoxy) is 1. The van der Waals surface area contributed by atoms with E-state index in [1.807, 2.05) is 13.8 Å². The van der Waals surface area contributed by atoms with Crippen LogP contribution in [0.25, 0.3) is 0 Å². The molecule has 1 fully saturated rings. The first-order valence-corrected chi connectivity index (χ1v) is 5.81. The van der Waals surface area contributed by atoms with Crippen molar-refractivity contribution in [3.63, 3.8) is 0 Å². The predicted octanol–water partition coefficient (Wildman–Crippen LogP) is 0.367. The van der Waals surface area contributed by atoms with E-state index in [1.165, 1.54) is 0 Å². The minimum atomic E-state index is -0.0353. The second-order valence-electron chi connectivity index (χ2n) is 4.74. The molecule has 1 rings (SSSR count). The van der Waals surface area contributed by atoms with Crippen LogP contribution in [0.3, 0.4) is 0 Å². The van der Waals surface area contributed by atoms with Crippen molar-refractivity contribution in [3.8, 4) is 0 Å². The number of nitrogens with one attached hydrogen (secondary N) is 1. The molecule has 0 spiro atoms. The number of hydrogen-bond acceptors (Lipinski definition) is 3. The molecule has 16 heavy (non-hydrogen) atoms. The van der Waals surface area contributed by atoms with Gasteiger partial charge in [-0.1, -0.05) is 0 Å². The molecule has 0 aromatic heterocycles. The molecule has 1 atom stereocenters. The van der Waals surface area contributed by atoms with Crippen LogP contribution in [0.1, 0.15) is 13.8 Å². The maximum Gasteiger partial charge on any atom is 0.317 e. The lowest BCUT2D eigenvalue weighted by Gasteiger charge is -2.32. The zero-order valence-electron chi connectivity index (χ0n) is 10.7. The Kier molecular flexibility index (Phi) is 5.02. The number of carbonyl (C=O) groups excluding carboxylic acids is 1. The van der Waals surface area contributed by atoms with Crippen molar-refractivity contribution in [3.05, 3.63) is 0 Å². The third kappa shape index (κ3) is 4.37. The smallest absolute Gasteiger partial charge is 0.317 e. The van der Waals surface area contributed by atoms with E-state index in [2.05, 4.69) is 17.3 Å². The van der Waals surface area contributed by atoms with Crippen LogP contribution < -0.4 is 5.32 Å². The van der Waals surface area contributed by atoms with Gasteiger partial charge in [0.2, 0.25) is 0 Å². The van der Waals surface area contributed by atoms with Gasteiger partial charge in [0.15, 0.2) is 0 Å². The summed E-state index contributed by atoms with van der Waals surface area (Å²) in [5, 5.41) is 2.86. The van der Waals surface area contributed by atoms with Crippen LogP contribution in [-0.4, -0.2) is 68.3 Å². The molecule has 1 N–H and O–H groups in total. The molecule has 2 amide bonds. The molecule has 1 aliphatic heterocycles. The van der Waals surface area contributed by atoms with Crippen molar-refractivity contribution >= 4 is 6.03 Å². The lowest BCUT2D eigenvalue weighted by atomic mass is 10.2. The number of rotatable bonds is 3. The highest BCUT2D eigenvalue weighted by Crippen LogP contribution is 2.04. The second kappa shape index (κ2) is 6.06. The lowest BCUT2D eigenvalue weighted by molar-refractivity contribution is -0.0282. The Morgan fingerprint density at radius 3 is 2.88 bits per heavy atom. The summed E-state index contributed by atoms with van der Waals surface area (Å²) in [5.74, 6) is 0. The van der Waals surface area contributed by atoms with E-state index >= 15 is 0 Å². The van der Waals surface area contributed by atoms with Gasteiger partial charge in [-0.2, -0.15) is 0 Å². The minimum absolute atomic E-state index is 0.0353. The van der Waals surface area contributed by atoms with Crippen LogP contribution >= 0.6 is 0 Å². The van der Waals surface area contributed by atoms with Crippen molar-refractivity contribution in [2.75, 3.05) is 40.3 Å². The topological polar surface area (TPSA) is 44.8 Å². The van der Waals surface area contributed by atoms with Crippen molar-refractivity contribution in [2.45, 2.75) is 26.0 Å². The van der Waals surface area contributed by atoms with Gasteiger partial charge in [-0.05, 0) is 20.9 Å². The van der Waals surface area contributed by atoms with E-state index in [4.69, 9.17) is 4.74 Å². The first kappa shape index (κ1) is 13.3. The number of urea groups is 1. The summed E-state index contributed by atoms with van der Waals surface area (Å²) < 4.78 is 5.61. The monoisotopic (exact) mass is 229 g/mol. The minimum Gasteiger partial charge on any atom is -0.374 e. The number of morpholine rings is 1. The molecule has 0 aromatic carbocycles. The Labute approximate surface area is 97.7 Å². The molecule has 0 radical (unpaired) electrons. The van der Waals surface area contributed by atoms with Crippen LogP contribution in [0.15, 0.2) is 0 Å². The predicted molar refractivity (Wildman–Crippen MR) is 63.5 cm³/mol. The summed E-state index contributed by atoms with van der Waals surface area (Å²) in [6, 6.07) is 0.136. The van der Waals surface area contributed by atoms with E-state index in [0.717, 1.165) is 19.7 Å². The third-order valence-corrected chi connectivity index (χ3v) is 2.58. The highest BCUT2D eigenvalue weighted by molar-refractivity contribution is 5.74. The van der Waals surface area contributed by atoms with E-state index in [9.17, 15) is 4.79 Å². The fraction of sp³-hybridized carbons (Fsp3) is 0.909. The zero-order valence-corrected chi connectivity index (χ0v) is 10.7. The summed E-state index contributed by atoms with van der Waals surface area (Å²) in [6.45, 7) is 7.16. The SMILES string of the molecule is CC(C)NC(=O)N(C)CC1CN(C)CCO1. The standard InChI is InChI=1S/C11H23N3O2/c1-9(2)12-11(15)14(4)8-10-7-13(3)5-6-16-10/h9-10H,5-8H2,1-4H3,(H,12,15). The summed E-state index contributed by atoms with van der Waals surface area (Å²) in [5.41, 5.74) is 0. The van der Waals surface area contributed by atoms with Gasteiger partial charge >= 0.3 is 6.03 Å². The maximum atomic E-state index is 11.7. The van der Waals surface area contributed by atoms with Crippen molar-refractivity contribution in [1.82, 2.24) is 15.1 Å². The number of carbonyl (C=O) groups is 1. The van der Waals surface area contributed by atoms with Crippen molar-refractivity contribution < 1.29 is 9.53 Å². The van der Waals surface area contributed by atoms with Crippen LogP contribution in [0, 0.1) is 0 Å². The number of nitrogens with zero attached hydrogens (tertiary/aromatic N) is 2. The summed E-state index contributed by atoms with van der Waals surface area (Å²) in [6.07, 6.45) is 0.127. The van der Waals surface area contributed by atoms with Crippen LogP contribution in [0.5, 0.6) is 0 Å². The molecule has 5 heteroatoms. The molecular formula is C11H23N3O2. The Morgan fingerprint density at radius 2 is 2.31 bits per heavy atom. The zero-order chi connectivity index (χ0) is 12.1. The Bertz CT molecular complexity index is 233. The first-order chi connectivity index (χ1) is 7.49. The highest BCUT2D eigenvalue weighted by Gasteiger charge is 2.21. The van der Waals surface area contributed by atoms with E-state index in [-0.39, 0.29) is 18.2 Å². The highest BCUT2D eigenvalue weighted by atomic mass is 16.5. The molecule has 5 nitrogen and oxygen atoms in total. The van der Waals surface area contributed by atoms with Gasteiger partial charge in [0.25, 0.3) is 0 Å². The van der Waals surface area contributed by atoms with Gasteiger partial charge in [-0.25, -0.2) is 4.79 Å². The van der Waals surface area contributed by atoms with Gasteiger partial charge in [0.05, 0.1) is 12.7 Å². The molecule has 1 unspecified atom stereocenters. The molecule has 94 valence electrons. The van der Waals surface area contributed by atoms with Gasteiger partial charge in [0.1, 0.15) is 0 Å². The number of amides is 2. The average molecular weight is 229 g/mol. The Morgan fingerprint density at radius 1 is 1.62 bits per heavy atom. The molecule has 1 aliphatic rings. The molecule has 0 bridgehead atoms. The number of hydrogen-bond donors (Lipinski definition) is 1. The summed E-state index contributed by atoms with van der Waals surface area (Å²) in [7, 11) is 3.87. The Balaban J connectivity index is 2.32. The molecular weight excluding hydrogens is 206 g/mol. The third-order valence-electron chi connectivity index (χ3n) is 2.58. The van der Waals surface area contributed by atoms with E-state index in [1.54, 1.807) is 11.9 Å². The van der Waals surface area contributed by atoms with E-state index < -0.39 is 0 Å². The quantitative estimate of drug-likeness (QED) is 0.760. The molecule has 0 aliphatic carbocycles. The first-order valence-electron chi connectivity index (χ1n) is 5.81. The normalized spacial score (nSPS) is 22.2. The van der Waals surface area contributed by atoms with Crippen molar-refractivity contribution in [2.24, 2.45) is 0 Å². The van der Waals surface area contributed by atoms with Crippen molar-refractivity contribution in [1.29, 1.82) is 0 Å². The summed E-state index contributed by atoms with van der Waals surface area (Å²) in [4.78, 5) is 15.6. The summed E-state index contributed by atoms with van der Waals surface area (Å²) >= 11 is 0. The molecule has 0 aromatic rings. The van der Waals surface area contributed by atoms with Gasteiger partial charge in [-0.15, -0.1) is 0 Å². The fourth-order valence-corrected chi connectivity index (χ4v) is 1.72. The molecule has 0 saturated carbocycles. The average Bonchev–Trinajstić information content (AvgIpc) is 2.16. The van der Waals surface area contributed by atoms with Crippen LogP contribution in [0.2, 0.25) is 0 Å².